The zero-order chi connectivity index (χ0) is 18.4. The lowest BCUT2D eigenvalue weighted by atomic mass is 10.1. The molecule has 2 aromatic carbocycles. The van der Waals surface area contributed by atoms with Gasteiger partial charge < -0.3 is 14.8 Å². The van der Waals surface area contributed by atoms with E-state index in [1.807, 2.05) is 36.4 Å². The molecule has 0 fully saturated rings. The van der Waals surface area contributed by atoms with Gasteiger partial charge in [-0.2, -0.15) is 0 Å². The van der Waals surface area contributed by atoms with E-state index in [0.717, 1.165) is 11.3 Å². The van der Waals surface area contributed by atoms with Crippen LogP contribution in [0.3, 0.4) is 0 Å². The maximum atomic E-state index is 12.5. The number of nitrogens with one attached hydrogen (secondary N) is 1. The molecule has 0 aliphatic carbocycles. The van der Waals surface area contributed by atoms with Gasteiger partial charge in [0, 0.05) is 5.56 Å². The molecule has 0 aliphatic rings. The predicted octanol–water partition coefficient (Wildman–Crippen LogP) is 3.09. The number of hydrogen-bond donors (Lipinski definition) is 1. The average Bonchev–Trinajstić information content (AvgIpc) is 2.72. The SMILES string of the molecule is COc1ccc(OC)c(C(=O)NCc2cc(-c3ccccc3)ncn2)c1. The van der Waals surface area contributed by atoms with E-state index in [2.05, 4.69) is 15.3 Å². The van der Waals surface area contributed by atoms with Crippen LogP contribution in [-0.4, -0.2) is 30.1 Å². The van der Waals surface area contributed by atoms with Gasteiger partial charge >= 0.3 is 0 Å². The van der Waals surface area contributed by atoms with Crippen LogP contribution in [0, 0.1) is 0 Å². The molecular weight excluding hydrogens is 330 g/mol. The Balaban J connectivity index is 1.74. The summed E-state index contributed by atoms with van der Waals surface area (Å²) in [7, 11) is 3.07. The van der Waals surface area contributed by atoms with Crippen molar-refractivity contribution in [3.63, 3.8) is 0 Å². The molecule has 132 valence electrons. The fourth-order valence-electron chi connectivity index (χ4n) is 2.52. The Morgan fingerprint density at radius 1 is 1.00 bits per heavy atom. The summed E-state index contributed by atoms with van der Waals surface area (Å²) < 4.78 is 10.4. The van der Waals surface area contributed by atoms with Gasteiger partial charge in [-0.3, -0.25) is 4.79 Å². The number of carbonyl (C=O) groups is 1. The van der Waals surface area contributed by atoms with E-state index < -0.39 is 0 Å². The molecule has 0 saturated heterocycles. The number of rotatable bonds is 6. The van der Waals surface area contributed by atoms with Crippen molar-refractivity contribution in [2.45, 2.75) is 6.54 Å². The Hall–Kier alpha value is -3.41. The van der Waals surface area contributed by atoms with Gasteiger partial charge in [0.15, 0.2) is 0 Å². The zero-order valence-corrected chi connectivity index (χ0v) is 14.6. The molecule has 6 nitrogen and oxygen atoms in total. The first-order valence-corrected chi connectivity index (χ1v) is 8.08. The largest absolute Gasteiger partial charge is 0.497 e. The van der Waals surface area contributed by atoms with Crippen molar-refractivity contribution in [1.82, 2.24) is 15.3 Å². The fraction of sp³-hybridized carbons (Fsp3) is 0.150. The van der Waals surface area contributed by atoms with E-state index in [1.165, 1.54) is 13.4 Å². The van der Waals surface area contributed by atoms with E-state index in [-0.39, 0.29) is 12.5 Å². The summed E-state index contributed by atoms with van der Waals surface area (Å²) in [5.74, 6) is 0.806. The number of methoxy groups -OCH3 is 2. The van der Waals surface area contributed by atoms with Gasteiger partial charge in [0.05, 0.1) is 37.7 Å². The minimum absolute atomic E-state index is 0.263. The van der Waals surface area contributed by atoms with Gasteiger partial charge in [0.2, 0.25) is 0 Å². The van der Waals surface area contributed by atoms with Gasteiger partial charge in [0.25, 0.3) is 5.91 Å². The summed E-state index contributed by atoms with van der Waals surface area (Å²) in [6, 6.07) is 16.8. The molecule has 1 aromatic heterocycles. The van der Waals surface area contributed by atoms with E-state index in [0.29, 0.717) is 22.8 Å². The van der Waals surface area contributed by atoms with Crippen molar-refractivity contribution in [2.75, 3.05) is 14.2 Å². The highest BCUT2D eigenvalue weighted by molar-refractivity contribution is 5.97. The number of ether oxygens (including phenoxy) is 2. The zero-order valence-electron chi connectivity index (χ0n) is 14.6. The number of hydrogen-bond acceptors (Lipinski definition) is 5. The third kappa shape index (κ3) is 3.97. The van der Waals surface area contributed by atoms with Gasteiger partial charge in [0.1, 0.15) is 17.8 Å². The molecule has 0 atom stereocenters. The van der Waals surface area contributed by atoms with Crippen LogP contribution < -0.4 is 14.8 Å². The second-order valence-electron chi connectivity index (χ2n) is 5.51. The Bertz CT molecular complexity index is 898. The maximum Gasteiger partial charge on any atom is 0.255 e. The van der Waals surface area contributed by atoms with Crippen LogP contribution in [0.25, 0.3) is 11.3 Å². The van der Waals surface area contributed by atoms with Crippen LogP contribution >= 0.6 is 0 Å². The van der Waals surface area contributed by atoms with Crippen molar-refractivity contribution < 1.29 is 14.3 Å². The maximum absolute atomic E-state index is 12.5. The number of amides is 1. The number of benzene rings is 2. The summed E-state index contributed by atoms with van der Waals surface area (Å²) in [5, 5.41) is 2.86. The highest BCUT2D eigenvalue weighted by Crippen LogP contribution is 2.24. The minimum atomic E-state index is -0.263. The first-order chi connectivity index (χ1) is 12.7. The number of carbonyl (C=O) groups excluding carboxylic acids is 1. The highest BCUT2D eigenvalue weighted by Gasteiger charge is 2.14. The molecule has 1 heterocycles. The molecule has 0 bridgehead atoms. The second-order valence-corrected chi connectivity index (χ2v) is 5.51. The van der Waals surface area contributed by atoms with Crippen LogP contribution in [0.4, 0.5) is 0 Å². The molecule has 3 rings (SSSR count). The van der Waals surface area contributed by atoms with Crippen molar-refractivity contribution in [3.05, 3.63) is 72.2 Å². The molecule has 0 unspecified atom stereocenters. The second kappa shape index (κ2) is 8.11. The normalized spacial score (nSPS) is 10.2. The smallest absolute Gasteiger partial charge is 0.255 e. The molecule has 3 aromatic rings. The van der Waals surface area contributed by atoms with E-state index >= 15 is 0 Å². The Morgan fingerprint density at radius 3 is 2.54 bits per heavy atom. The van der Waals surface area contributed by atoms with Crippen LogP contribution in [-0.2, 0) is 6.54 Å². The lowest BCUT2D eigenvalue weighted by Gasteiger charge is -2.11. The monoisotopic (exact) mass is 349 g/mol. The lowest BCUT2D eigenvalue weighted by molar-refractivity contribution is 0.0947. The van der Waals surface area contributed by atoms with Crippen LogP contribution in [0.15, 0.2) is 60.9 Å². The molecule has 1 N–H and O–H groups in total. The molecule has 0 spiro atoms. The number of nitrogens with zero attached hydrogens (tertiary/aromatic N) is 2. The fourth-order valence-corrected chi connectivity index (χ4v) is 2.52. The molecule has 1 amide bonds. The molecule has 26 heavy (non-hydrogen) atoms. The quantitative estimate of drug-likeness (QED) is 0.740. The Labute approximate surface area is 151 Å². The van der Waals surface area contributed by atoms with Crippen molar-refractivity contribution in [1.29, 1.82) is 0 Å². The third-order valence-corrected chi connectivity index (χ3v) is 3.87. The third-order valence-electron chi connectivity index (χ3n) is 3.87. The van der Waals surface area contributed by atoms with Crippen LogP contribution in [0.5, 0.6) is 11.5 Å². The minimum Gasteiger partial charge on any atom is -0.497 e. The van der Waals surface area contributed by atoms with Crippen molar-refractivity contribution >= 4 is 5.91 Å². The summed E-state index contributed by atoms with van der Waals surface area (Å²) in [4.78, 5) is 21.0. The van der Waals surface area contributed by atoms with E-state index in [4.69, 9.17) is 9.47 Å². The van der Waals surface area contributed by atoms with Crippen molar-refractivity contribution in [3.8, 4) is 22.8 Å². The molecular formula is C20H19N3O3. The Morgan fingerprint density at radius 2 is 1.81 bits per heavy atom. The van der Waals surface area contributed by atoms with Crippen LogP contribution in [0.1, 0.15) is 16.1 Å². The highest BCUT2D eigenvalue weighted by atomic mass is 16.5. The summed E-state index contributed by atoms with van der Waals surface area (Å²) >= 11 is 0. The Kier molecular flexibility index (Phi) is 5.43. The average molecular weight is 349 g/mol. The van der Waals surface area contributed by atoms with Gasteiger partial charge in [-0.1, -0.05) is 30.3 Å². The lowest BCUT2D eigenvalue weighted by Crippen LogP contribution is -2.24. The first kappa shape index (κ1) is 17.4. The van der Waals surface area contributed by atoms with E-state index in [1.54, 1.807) is 25.3 Å². The number of aromatic nitrogens is 2. The topological polar surface area (TPSA) is 73.3 Å². The molecule has 0 aliphatic heterocycles. The van der Waals surface area contributed by atoms with Gasteiger partial charge in [-0.15, -0.1) is 0 Å². The van der Waals surface area contributed by atoms with Gasteiger partial charge in [-0.25, -0.2) is 9.97 Å². The molecule has 0 radical (unpaired) electrons. The van der Waals surface area contributed by atoms with Crippen LogP contribution in [0.2, 0.25) is 0 Å². The predicted molar refractivity (Wildman–Crippen MR) is 98.2 cm³/mol. The summed E-state index contributed by atoms with van der Waals surface area (Å²) in [6.45, 7) is 0.279. The standard InChI is InChI=1S/C20H19N3O3/c1-25-16-8-9-19(26-2)17(11-16)20(24)21-12-15-10-18(23-13-22-15)14-6-4-3-5-7-14/h3-11,13H,12H2,1-2H3,(H,21,24). The summed E-state index contributed by atoms with van der Waals surface area (Å²) in [6.07, 6.45) is 1.50. The molecule has 6 heteroatoms. The van der Waals surface area contributed by atoms with Gasteiger partial charge in [-0.05, 0) is 24.3 Å². The van der Waals surface area contributed by atoms with Crippen molar-refractivity contribution in [2.24, 2.45) is 0 Å². The van der Waals surface area contributed by atoms with E-state index in [9.17, 15) is 4.79 Å². The first-order valence-electron chi connectivity index (χ1n) is 8.08. The summed E-state index contributed by atoms with van der Waals surface area (Å²) in [5.41, 5.74) is 2.93. The molecule has 0 saturated carbocycles.